The van der Waals surface area contributed by atoms with E-state index in [0.29, 0.717) is 12.1 Å². The highest BCUT2D eigenvalue weighted by Crippen LogP contribution is 2.28. The molecule has 3 rings (SSSR count). The summed E-state index contributed by atoms with van der Waals surface area (Å²) < 4.78 is 26.7. The summed E-state index contributed by atoms with van der Waals surface area (Å²) in [6.45, 7) is 0.374. The topological polar surface area (TPSA) is 95.5 Å². The fraction of sp³-hybridized carbons (Fsp3) is 0.417. The lowest BCUT2D eigenvalue weighted by Gasteiger charge is -2.08. The van der Waals surface area contributed by atoms with Crippen LogP contribution in [0.3, 0.4) is 0 Å². The van der Waals surface area contributed by atoms with E-state index in [0.717, 1.165) is 18.4 Å². The largest absolute Gasteiger partial charge is 0.480 e. The summed E-state index contributed by atoms with van der Waals surface area (Å²) in [5.74, 6) is -0.953. The van der Waals surface area contributed by atoms with Crippen LogP contribution < -0.4 is 10.0 Å². The van der Waals surface area contributed by atoms with Crippen LogP contribution in [0.25, 0.3) is 0 Å². The predicted molar refractivity (Wildman–Crippen MR) is 67.0 cm³/mol. The zero-order chi connectivity index (χ0) is 13.6. The van der Waals surface area contributed by atoms with Gasteiger partial charge in [0.1, 0.15) is 6.04 Å². The van der Waals surface area contributed by atoms with Crippen molar-refractivity contribution >= 4 is 16.0 Å². The molecule has 3 N–H and O–H groups in total. The van der Waals surface area contributed by atoms with Crippen LogP contribution in [0.15, 0.2) is 23.1 Å². The Kier molecular flexibility index (Phi) is 2.84. The highest BCUT2D eigenvalue weighted by Gasteiger charge is 2.31. The molecule has 1 unspecified atom stereocenters. The molecule has 19 heavy (non-hydrogen) atoms. The number of nitrogens with one attached hydrogen (secondary N) is 2. The standard InChI is InChI=1S/C12H14N2O4S/c15-12(16)11-10-4-3-9(5-7(10)6-13-11)19(17,18)14-8-1-2-8/h3-5,8,11,13-14H,1-2,6H2,(H,15,16). The van der Waals surface area contributed by atoms with E-state index in [2.05, 4.69) is 10.0 Å². The third-order valence-corrected chi connectivity index (χ3v) is 4.90. The smallest absolute Gasteiger partial charge is 0.325 e. The highest BCUT2D eigenvalue weighted by atomic mass is 32.2. The molecule has 0 radical (unpaired) electrons. The van der Waals surface area contributed by atoms with Crippen LogP contribution in [0.2, 0.25) is 0 Å². The average molecular weight is 282 g/mol. The molecule has 102 valence electrons. The molecule has 1 fully saturated rings. The predicted octanol–water partition coefficient (Wildman–Crippen LogP) is 0.356. The quantitative estimate of drug-likeness (QED) is 0.741. The van der Waals surface area contributed by atoms with Crippen LogP contribution in [0.4, 0.5) is 0 Å². The molecule has 0 aromatic heterocycles. The first-order valence-corrected chi connectivity index (χ1v) is 7.57. The SMILES string of the molecule is O=C(O)C1NCc2cc(S(=O)(=O)NC3CC3)ccc21. The Balaban J connectivity index is 1.92. The molecule has 2 aliphatic rings. The molecular weight excluding hydrogens is 268 g/mol. The number of sulfonamides is 1. The Morgan fingerprint density at radius 2 is 2.11 bits per heavy atom. The fourth-order valence-electron chi connectivity index (χ4n) is 2.21. The Bertz CT molecular complexity index is 637. The summed E-state index contributed by atoms with van der Waals surface area (Å²) >= 11 is 0. The second-order valence-electron chi connectivity index (χ2n) is 4.91. The van der Waals surface area contributed by atoms with Crippen molar-refractivity contribution in [1.29, 1.82) is 0 Å². The summed E-state index contributed by atoms with van der Waals surface area (Å²) in [5, 5.41) is 11.9. The highest BCUT2D eigenvalue weighted by molar-refractivity contribution is 7.89. The Morgan fingerprint density at radius 1 is 1.37 bits per heavy atom. The number of benzene rings is 1. The first-order valence-electron chi connectivity index (χ1n) is 6.09. The maximum atomic E-state index is 12.1. The summed E-state index contributed by atoms with van der Waals surface area (Å²) in [4.78, 5) is 11.2. The molecule has 1 atom stereocenters. The van der Waals surface area contributed by atoms with E-state index in [1.165, 1.54) is 6.07 Å². The van der Waals surface area contributed by atoms with E-state index >= 15 is 0 Å². The van der Waals surface area contributed by atoms with Gasteiger partial charge in [-0.05, 0) is 36.1 Å². The average Bonchev–Trinajstić information content (AvgIpc) is 3.04. The van der Waals surface area contributed by atoms with Gasteiger partial charge in [-0.3, -0.25) is 10.1 Å². The lowest BCUT2D eigenvalue weighted by Crippen LogP contribution is -2.25. The van der Waals surface area contributed by atoms with Gasteiger partial charge < -0.3 is 5.11 Å². The molecule has 1 saturated carbocycles. The molecule has 0 amide bonds. The van der Waals surface area contributed by atoms with Crippen molar-refractivity contribution in [3.8, 4) is 0 Å². The normalized spacial score (nSPS) is 22.2. The van der Waals surface area contributed by atoms with Crippen LogP contribution in [-0.4, -0.2) is 25.5 Å². The van der Waals surface area contributed by atoms with Gasteiger partial charge in [-0.15, -0.1) is 0 Å². The van der Waals surface area contributed by atoms with Crippen LogP contribution in [0.5, 0.6) is 0 Å². The van der Waals surface area contributed by atoms with Gasteiger partial charge in [-0.2, -0.15) is 0 Å². The molecule has 1 aliphatic heterocycles. The number of carbonyl (C=O) groups is 1. The van der Waals surface area contributed by atoms with Gasteiger partial charge in [0.2, 0.25) is 10.0 Å². The van der Waals surface area contributed by atoms with Crippen molar-refractivity contribution in [2.75, 3.05) is 0 Å². The lowest BCUT2D eigenvalue weighted by molar-refractivity contribution is -0.139. The fourth-order valence-corrected chi connectivity index (χ4v) is 3.57. The maximum absolute atomic E-state index is 12.1. The number of fused-ring (bicyclic) bond motifs is 1. The molecule has 0 spiro atoms. The lowest BCUT2D eigenvalue weighted by atomic mass is 10.1. The third kappa shape index (κ3) is 2.36. The van der Waals surface area contributed by atoms with Crippen LogP contribution in [0, 0.1) is 0 Å². The minimum absolute atomic E-state index is 0.0585. The van der Waals surface area contributed by atoms with Crippen LogP contribution in [-0.2, 0) is 21.4 Å². The second-order valence-corrected chi connectivity index (χ2v) is 6.62. The van der Waals surface area contributed by atoms with Gasteiger partial charge in [-0.1, -0.05) is 6.07 Å². The summed E-state index contributed by atoms with van der Waals surface area (Å²) in [6, 6.07) is 3.91. The molecule has 6 nitrogen and oxygen atoms in total. The van der Waals surface area contributed by atoms with Gasteiger partial charge in [0.15, 0.2) is 0 Å². The number of aliphatic carboxylic acids is 1. The third-order valence-electron chi connectivity index (χ3n) is 3.38. The molecule has 1 aliphatic carbocycles. The van der Waals surface area contributed by atoms with Gasteiger partial charge >= 0.3 is 5.97 Å². The molecule has 1 heterocycles. The Morgan fingerprint density at radius 3 is 2.74 bits per heavy atom. The summed E-state index contributed by atoms with van der Waals surface area (Å²) in [5.41, 5.74) is 1.36. The first kappa shape index (κ1) is 12.6. The molecule has 0 bridgehead atoms. The Hall–Kier alpha value is -1.44. The van der Waals surface area contributed by atoms with Gasteiger partial charge in [0.25, 0.3) is 0 Å². The number of carboxylic acid groups (broad SMARTS) is 1. The molecule has 0 saturated heterocycles. The number of rotatable bonds is 4. The zero-order valence-corrected chi connectivity index (χ0v) is 10.9. The van der Waals surface area contributed by atoms with E-state index in [1.807, 2.05) is 0 Å². The molecule has 1 aromatic rings. The number of hydrogen-bond donors (Lipinski definition) is 3. The van der Waals surface area contributed by atoms with E-state index in [9.17, 15) is 13.2 Å². The van der Waals surface area contributed by atoms with Crippen molar-refractivity contribution < 1.29 is 18.3 Å². The van der Waals surface area contributed by atoms with E-state index in [-0.39, 0.29) is 10.9 Å². The number of hydrogen-bond acceptors (Lipinski definition) is 4. The monoisotopic (exact) mass is 282 g/mol. The van der Waals surface area contributed by atoms with Gasteiger partial charge in [0, 0.05) is 12.6 Å². The minimum atomic E-state index is -3.48. The van der Waals surface area contributed by atoms with Crippen molar-refractivity contribution in [3.63, 3.8) is 0 Å². The number of carboxylic acids is 1. The van der Waals surface area contributed by atoms with Crippen molar-refractivity contribution in [2.45, 2.75) is 36.4 Å². The van der Waals surface area contributed by atoms with Crippen molar-refractivity contribution in [1.82, 2.24) is 10.0 Å². The Labute approximate surface area is 110 Å². The van der Waals surface area contributed by atoms with Crippen molar-refractivity contribution in [3.05, 3.63) is 29.3 Å². The molecule has 7 heteroatoms. The first-order chi connectivity index (χ1) is 8.97. The van der Waals surface area contributed by atoms with Crippen LogP contribution in [0.1, 0.15) is 30.0 Å². The van der Waals surface area contributed by atoms with Gasteiger partial charge in [-0.25, -0.2) is 13.1 Å². The second kappa shape index (κ2) is 4.29. The van der Waals surface area contributed by atoms with Gasteiger partial charge in [0.05, 0.1) is 4.90 Å². The van der Waals surface area contributed by atoms with E-state index in [4.69, 9.17) is 5.11 Å². The van der Waals surface area contributed by atoms with Crippen LogP contribution >= 0.6 is 0 Å². The minimum Gasteiger partial charge on any atom is -0.480 e. The zero-order valence-electron chi connectivity index (χ0n) is 10.1. The van der Waals surface area contributed by atoms with E-state index < -0.39 is 22.0 Å². The summed E-state index contributed by atoms with van der Waals surface area (Å²) in [7, 11) is -3.48. The van der Waals surface area contributed by atoms with E-state index in [1.54, 1.807) is 12.1 Å². The summed E-state index contributed by atoms with van der Waals surface area (Å²) in [6.07, 6.45) is 1.76. The molecule has 1 aromatic carbocycles. The maximum Gasteiger partial charge on any atom is 0.325 e. The molecular formula is C12H14N2O4S. The van der Waals surface area contributed by atoms with Crippen molar-refractivity contribution in [2.24, 2.45) is 0 Å².